The number of Topliss-reactive ketones (excluding diaryl/α,β-unsaturated/α-hetero) is 1. The SMILES string of the molecule is Cc1nccc(C(=O)Cc2cccnc2)n1. The zero-order valence-electron chi connectivity index (χ0n) is 8.92. The Morgan fingerprint density at radius 1 is 1.31 bits per heavy atom. The molecule has 2 aromatic rings. The topological polar surface area (TPSA) is 55.7 Å². The van der Waals surface area contributed by atoms with Gasteiger partial charge in [-0.1, -0.05) is 6.07 Å². The lowest BCUT2D eigenvalue weighted by Crippen LogP contribution is -2.07. The minimum Gasteiger partial charge on any atom is -0.292 e. The normalized spacial score (nSPS) is 10.1. The minimum atomic E-state index is -0.0153. The van der Waals surface area contributed by atoms with Gasteiger partial charge in [0.25, 0.3) is 0 Å². The van der Waals surface area contributed by atoms with Gasteiger partial charge >= 0.3 is 0 Å². The van der Waals surface area contributed by atoms with Gasteiger partial charge in [0.15, 0.2) is 5.78 Å². The summed E-state index contributed by atoms with van der Waals surface area (Å²) in [7, 11) is 0. The van der Waals surface area contributed by atoms with E-state index in [1.807, 2.05) is 12.1 Å². The van der Waals surface area contributed by atoms with Crippen LogP contribution in [-0.2, 0) is 6.42 Å². The van der Waals surface area contributed by atoms with Gasteiger partial charge in [-0.05, 0) is 24.6 Å². The number of carbonyl (C=O) groups excluding carboxylic acids is 1. The van der Waals surface area contributed by atoms with Crippen molar-refractivity contribution < 1.29 is 4.79 Å². The molecular weight excluding hydrogens is 202 g/mol. The first-order chi connectivity index (χ1) is 7.75. The van der Waals surface area contributed by atoms with Gasteiger partial charge < -0.3 is 0 Å². The van der Waals surface area contributed by atoms with Crippen LogP contribution in [0.2, 0.25) is 0 Å². The molecule has 16 heavy (non-hydrogen) atoms. The Bertz CT molecular complexity index is 497. The van der Waals surface area contributed by atoms with E-state index in [0.29, 0.717) is 17.9 Å². The first-order valence-electron chi connectivity index (χ1n) is 4.97. The monoisotopic (exact) mass is 213 g/mol. The molecule has 2 heterocycles. The van der Waals surface area contributed by atoms with E-state index in [1.54, 1.807) is 31.6 Å². The molecule has 2 rings (SSSR count). The van der Waals surface area contributed by atoms with Crippen molar-refractivity contribution in [2.75, 3.05) is 0 Å². The molecular formula is C12H11N3O. The number of hydrogen-bond acceptors (Lipinski definition) is 4. The van der Waals surface area contributed by atoms with Gasteiger partial charge in [0.05, 0.1) is 0 Å². The van der Waals surface area contributed by atoms with Gasteiger partial charge in [-0.2, -0.15) is 0 Å². The second-order valence-corrected chi connectivity index (χ2v) is 3.45. The number of hydrogen-bond donors (Lipinski definition) is 0. The van der Waals surface area contributed by atoms with E-state index >= 15 is 0 Å². The average Bonchev–Trinajstić information content (AvgIpc) is 2.30. The molecule has 0 saturated carbocycles. The van der Waals surface area contributed by atoms with Crippen LogP contribution >= 0.6 is 0 Å². The second kappa shape index (κ2) is 4.61. The van der Waals surface area contributed by atoms with Crippen molar-refractivity contribution >= 4 is 5.78 Å². The first-order valence-corrected chi connectivity index (χ1v) is 4.97. The molecule has 0 spiro atoms. The van der Waals surface area contributed by atoms with E-state index in [4.69, 9.17) is 0 Å². The fourth-order valence-electron chi connectivity index (χ4n) is 1.39. The van der Waals surface area contributed by atoms with Crippen molar-refractivity contribution in [1.29, 1.82) is 0 Å². The van der Waals surface area contributed by atoms with Crippen LogP contribution in [0.25, 0.3) is 0 Å². The number of aromatic nitrogens is 3. The van der Waals surface area contributed by atoms with Crippen molar-refractivity contribution in [1.82, 2.24) is 15.0 Å². The number of nitrogens with zero attached hydrogens (tertiary/aromatic N) is 3. The third kappa shape index (κ3) is 2.48. The Balaban J connectivity index is 2.15. The van der Waals surface area contributed by atoms with Crippen LogP contribution in [0.15, 0.2) is 36.8 Å². The molecule has 0 saturated heterocycles. The molecule has 0 aliphatic carbocycles. The standard InChI is InChI=1S/C12H11N3O/c1-9-14-6-4-11(15-9)12(16)7-10-3-2-5-13-8-10/h2-6,8H,7H2,1H3. The Morgan fingerprint density at radius 2 is 2.19 bits per heavy atom. The van der Waals surface area contributed by atoms with Crippen LogP contribution in [0.3, 0.4) is 0 Å². The maximum Gasteiger partial charge on any atom is 0.185 e. The van der Waals surface area contributed by atoms with Crippen LogP contribution < -0.4 is 0 Å². The van der Waals surface area contributed by atoms with Gasteiger partial charge in [0.2, 0.25) is 0 Å². The highest BCUT2D eigenvalue weighted by Gasteiger charge is 2.08. The van der Waals surface area contributed by atoms with Gasteiger partial charge in [0, 0.05) is 25.0 Å². The molecule has 0 aliphatic rings. The Kier molecular flexibility index (Phi) is 3.00. The molecule has 4 nitrogen and oxygen atoms in total. The lowest BCUT2D eigenvalue weighted by atomic mass is 10.1. The molecule has 4 heteroatoms. The van der Waals surface area contributed by atoms with E-state index < -0.39 is 0 Å². The molecule has 0 atom stereocenters. The van der Waals surface area contributed by atoms with E-state index in [1.165, 1.54) is 0 Å². The molecule has 0 unspecified atom stereocenters. The summed E-state index contributed by atoms with van der Waals surface area (Å²) in [6.45, 7) is 1.76. The van der Waals surface area contributed by atoms with Crippen LogP contribution in [-0.4, -0.2) is 20.7 Å². The third-order valence-corrected chi connectivity index (χ3v) is 2.15. The summed E-state index contributed by atoms with van der Waals surface area (Å²) < 4.78 is 0. The maximum atomic E-state index is 11.8. The first kappa shape index (κ1) is 10.4. The summed E-state index contributed by atoms with van der Waals surface area (Å²) in [5.74, 6) is 0.593. The van der Waals surface area contributed by atoms with E-state index in [9.17, 15) is 4.79 Å². The Hall–Kier alpha value is -2.10. The molecule has 0 N–H and O–H groups in total. The number of ketones is 1. The molecule has 0 aliphatic heterocycles. The Morgan fingerprint density at radius 3 is 2.88 bits per heavy atom. The Labute approximate surface area is 93.4 Å². The van der Waals surface area contributed by atoms with Gasteiger partial charge in [-0.3, -0.25) is 9.78 Å². The zero-order chi connectivity index (χ0) is 11.4. The van der Waals surface area contributed by atoms with Crippen LogP contribution in [0.5, 0.6) is 0 Å². The molecule has 0 amide bonds. The summed E-state index contributed by atoms with van der Waals surface area (Å²) in [4.78, 5) is 23.9. The summed E-state index contributed by atoms with van der Waals surface area (Å²) in [6, 6.07) is 5.32. The van der Waals surface area contributed by atoms with Crippen LogP contribution in [0.1, 0.15) is 21.9 Å². The highest BCUT2D eigenvalue weighted by molar-refractivity contribution is 5.95. The molecule has 2 aromatic heterocycles. The minimum absolute atomic E-state index is 0.0153. The molecule has 0 aromatic carbocycles. The average molecular weight is 213 g/mol. The number of rotatable bonds is 3. The summed E-state index contributed by atoms with van der Waals surface area (Å²) in [6.07, 6.45) is 5.29. The predicted octanol–water partition coefficient (Wildman–Crippen LogP) is 1.61. The number of pyridine rings is 1. The molecule has 0 bridgehead atoms. The highest BCUT2D eigenvalue weighted by Crippen LogP contribution is 2.04. The quantitative estimate of drug-likeness (QED) is 0.727. The fourth-order valence-corrected chi connectivity index (χ4v) is 1.39. The zero-order valence-corrected chi connectivity index (χ0v) is 8.92. The predicted molar refractivity (Wildman–Crippen MR) is 59.0 cm³/mol. The van der Waals surface area contributed by atoms with Gasteiger partial charge in [-0.15, -0.1) is 0 Å². The van der Waals surface area contributed by atoms with Gasteiger partial charge in [-0.25, -0.2) is 9.97 Å². The third-order valence-electron chi connectivity index (χ3n) is 2.15. The van der Waals surface area contributed by atoms with Crippen LogP contribution in [0.4, 0.5) is 0 Å². The van der Waals surface area contributed by atoms with Crippen molar-refractivity contribution in [3.05, 3.63) is 53.9 Å². The molecule has 0 radical (unpaired) electrons. The van der Waals surface area contributed by atoms with Crippen molar-refractivity contribution in [2.45, 2.75) is 13.3 Å². The smallest absolute Gasteiger partial charge is 0.185 e. The van der Waals surface area contributed by atoms with Crippen molar-refractivity contribution in [2.24, 2.45) is 0 Å². The summed E-state index contributed by atoms with van der Waals surface area (Å²) >= 11 is 0. The summed E-state index contributed by atoms with van der Waals surface area (Å²) in [5, 5.41) is 0. The maximum absolute atomic E-state index is 11.8. The highest BCUT2D eigenvalue weighted by atomic mass is 16.1. The fraction of sp³-hybridized carbons (Fsp3) is 0.167. The summed E-state index contributed by atoms with van der Waals surface area (Å²) in [5.41, 5.74) is 1.35. The van der Waals surface area contributed by atoms with E-state index in [0.717, 1.165) is 5.56 Å². The second-order valence-electron chi connectivity index (χ2n) is 3.45. The number of aryl methyl sites for hydroxylation is 1. The largest absolute Gasteiger partial charge is 0.292 e. The van der Waals surface area contributed by atoms with E-state index in [-0.39, 0.29) is 5.78 Å². The molecule has 0 fully saturated rings. The van der Waals surface area contributed by atoms with Crippen LogP contribution in [0, 0.1) is 6.92 Å². The van der Waals surface area contributed by atoms with Gasteiger partial charge in [0.1, 0.15) is 11.5 Å². The number of carbonyl (C=O) groups is 1. The van der Waals surface area contributed by atoms with Crippen molar-refractivity contribution in [3.8, 4) is 0 Å². The van der Waals surface area contributed by atoms with Crippen molar-refractivity contribution in [3.63, 3.8) is 0 Å². The lowest BCUT2D eigenvalue weighted by molar-refractivity contribution is 0.0987. The van der Waals surface area contributed by atoms with E-state index in [2.05, 4.69) is 15.0 Å². The molecule has 80 valence electrons. The lowest BCUT2D eigenvalue weighted by Gasteiger charge is -2.00.